The van der Waals surface area contributed by atoms with E-state index in [9.17, 15) is 12.8 Å². The molecular formula is C16H17ClFN3O3S. The number of halogens is 2. The van der Waals surface area contributed by atoms with Crippen LogP contribution >= 0.6 is 11.6 Å². The number of aromatic nitrogens is 2. The first-order chi connectivity index (χ1) is 11.9. The Morgan fingerprint density at radius 3 is 2.60 bits per heavy atom. The number of benzene rings is 1. The standard InChI is InChI=1S/C16H17ClFN3O3S/c17-13-5-3-12(4-6-13)11-25(22,23)21-7-1-2-15(10-21)24-16-19-8-14(18)9-20-16/h3-6,8-9,15H,1-2,7,10-11H2/t15-/m0/s1. The van der Waals surface area contributed by atoms with Gasteiger partial charge in [-0.15, -0.1) is 0 Å². The number of sulfonamides is 1. The number of piperidine rings is 1. The SMILES string of the molecule is O=S(=O)(Cc1ccc(Cl)cc1)N1CCC[C@H](Oc2ncc(F)cn2)C1. The summed E-state index contributed by atoms with van der Waals surface area (Å²) in [7, 11) is -3.47. The molecule has 0 aliphatic carbocycles. The van der Waals surface area contributed by atoms with Gasteiger partial charge >= 0.3 is 6.01 Å². The lowest BCUT2D eigenvalue weighted by Gasteiger charge is -2.31. The minimum absolute atomic E-state index is 0.0448. The Morgan fingerprint density at radius 1 is 1.24 bits per heavy atom. The maximum absolute atomic E-state index is 12.8. The molecule has 1 aliphatic heterocycles. The second-order valence-electron chi connectivity index (χ2n) is 5.81. The fourth-order valence-corrected chi connectivity index (χ4v) is 4.37. The Balaban J connectivity index is 1.65. The maximum Gasteiger partial charge on any atom is 0.316 e. The summed E-state index contributed by atoms with van der Waals surface area (Å²) in [6.45, 7) is 0.663. The summed E-state index contributed by atoms with van der Waals surface area (Å²) in [4.78, 5) is 7.49. The van der Waals surface area contributed by atoms with E-state index < -0.39 is 15.8 Å². The highest BCUT2D eigenvalue weighted by molar-refractivity contribution is 7.88. The molecule has 6 nitrogen and oxygen atoms in total. The molecule has 0 saturated carbocycles. The summed E-state index contributed by atoms with van der Waals surface area (Å²) in [5.41, 5.74) is 0.675. The molecular weight excluding hydrogens is 369 g/mol. The van der Waals surface area contributed by atoms with E-state index in [1.807, 2.05) is 0 Å². The smallest absolute Gasteiger partial charge is 0.316 e. The van der Waals surface area contributed by atoms with Crippen LogP contribution in [0.25, 0.3) is 0 Å². The molecule has 1 fully saturated rings. The average Bonchev–Trinajstić information content (AvgIpc) is 2.59. The van der Waals surface area contributed by atoms with Crippen molar-refractivity contribution in [2.75, 3.05) is 13.1 Å². The van der Waals surface area contributed by atoms with Gasteiger partial charge in [-0.25, -0.2) is 22.8 Å². The molecule has 1 aromatic carbocycles. The van der Waals surface area contributed by atoms with Crippen molar-refractivity contribution in [1.29, 1.82) is 0 Å². The zero-order chi connectivity index (χ0) is 17.9. The summed E-state index contributed by atoms with van der Waals surface area (Å²) in [5.74, 6) is -0.646. The number of nitrogens with zero attached hydrogens (tertiary/aromatic N) is 3. The molecule has 0 amide bonds. The van der Waals surface area contributed by atoms with Crippen LogP contribution in [0.1, 0.15) is 18.4 Å². The lowest BCUT2D eigenvalue weighted by molar-refractivity contribution is 0.119. The van der Waals surface area contributed by atoms with Crippen LogP contribution in [0, 0.1) is 5.82 Å². The predicted octanol–water partition coefficient (Wildman–Crippen LogP) is 2.64. The number of rotatable bonds is 5. The zero-order valence-electron chi connectivity index (χ0n) is 13.3. The Morgan fingerprint density at radius 2 is 1.92 bits per heavy atom. The van der Waals surface area contributed by atoms with Crippen molar-refractivity contribution >= 4 is 21.6 Å². The number of hydrogen-bond acceptors (Lipinski definition) is 5. The molecule has 0 unspecified atom stereocenters. The van der Waals surface area contributed by atoms with Crippen molar-refractivity contribution in [3.63, 3.8) is 0 Å². The Hall–Kier alpha value is -1.77. The lowest BCUT2D eigenvalue weighted by Crippen LogP contribution is -2.44. The molecule has 3 rings (SSSR count). The van der Waals surface area contributed by atoms with Crippen molar-refractivity contribution < 1.29 is 17.5 Å². The van der Waals surface area contributed by atoms with E-state index in [2.05, 4.69) is 9.97 Å². The molecule has 1 aliphatic rings. The molecule has 0 spiro atoms. The van der Waals surface area contributed by atoms with Gasteiger partial charge in [-0.1, -0.05) is 23.7 Å². The summed E-state index contributed by atoms with van der Waals surface area (Å²) in [6, 6.07) is 6.78. The average molecular weight is 386 g/mol. The lowest BCUT2D eigenvalue weighted by atomic mass is 10.1. The van der Waals surface area contributed by atoms with Crippen LogP contribution in [0.4, 0.5) is 4.39 Å². The fourth-order valence-electron chi connectivity index (χ4n) is 2.65. The van der Waals surface area contributed by atoms with E-state index in [1.54, 1.807) is 24.3 Å². The van der Waals surface area contributed by atoms with Gasteiger partial charge in [0, 0.05) is 11.6 Å². The van der Waals surface area contributed by atoms with Crippen molar-refractivity contribution in [2.24, 2.45) is 0 Å². The molecule has 2 heterocycles. The predicted molar refractivity (Wildman–Crippen MR) is 91.3 cm³/mol. The summed E-state index contributed by atoms with van der Waals surface area (Å²) in [6.07, 6.45) is 3.03. The largest absolute Gasteiger partial charge is 0.459 e. The van der Waals surface area contributed by atoms with Crippen LogP contribution < -0.4 is 4.74 Å². The van der Waals surface area contributed by atoms with Gasteiger partial charge in [-0.2, -0.15) is 4.31 Å². The van der Waals surface area contributed by atoms with Crippen LogP contribution in [0.15, 0.2) is 36.7 Å². The molecule has 0 bridgehead atoms. The van der Waals surface area contributed by atoms with E-state index >= 15 is 0 Å². The third-order valence-electron chi connectivity index (χ3n) is 3.87. The van der Waals surface area contributed by atoms with Gasteiger partial charge in [0.2, 0.25) is 10.0 Å². The van der Waals surface area contributed by atoms with E-state index in [4.69, 9.17) is 16.3 Å². The van der Waals surface area contributed by atoms with Gasteiger partial charge in [0.1, 0.15) is 6.10 Å². The van der Waals surface area contributed by atoms with Crippen molar-refractivity contribution in [2.45, 2.75) is 24.7 Å². The van der Waals surface area contributed by atoms with Gasteiger partial charge in [0.25, 0.3) is 0 Å². The highest BCUT2D eigenvalue weighted by Crippen LogP contribution is 2.21. The van der Waals surface area contributed by atoms with Gasteiger partial charge in [-0.3, -0.25) is 0 Å². The highest BCUT2D eigenvalue weighted by Gasteiger charge is 2.30. The molecule has 0 radical (unpaired) electrons. The van der Waals surface area contributed by atoms with Gasteiger partial charge in [0.05, 0.1) is 24.7 Å². The Kier molecular flexibility index (Phi) is 5.51. The maximum atomic E-state index is 12.8. The molecule has 1 saturated heterocycles. The molecule has 25 heavy (non-hydrogen) atoms. The third-order valence-corrected chi connectivity index (χ3v) is 5.93. The molecule has 0 N–H and O–H groups in total. The van der Waals surface area contributed by atoms with Crippen LogP contribution in [-0.4, -0.2) is 41.9 Å². The monoisotopic (exact) mass is 385 g/mol. The molecule has 9 heteroatoms. The van der Waals surface area contributed by atoms with Crippen molar-refractivity contribution in [1.82, 2.24) is 14.3 Å². The van der Waals surface area contributed by atoms with E-state index in [0.717, 1.165) is 12.4 Å². The van der Waals surface area contributed by atoms with E-state index in [1.165, 1.54) is 4.31 Å². The molecule has 1 aromatic heterocycles. The minimum atomic E-state index is -3.47. The minimum Gasteiger partial charge on any atom is -0.459 e. The topological polar surface area (TPSA) is 72.4 Å². The van der Waals surface area contributed by atoms with E-state index in [0.29, 0.717) is 30.0 Å². The first kappa shape index (κ1) is 18.0. The van der Waals surface area contributed by atoms with Crippen LogP contribution in [0.5, 0.6) is 6.01 Å². The third kappa shape index (κ3) is 4.87. The normalized spacial score (nSPS) is 18.9. The Bertz CT molecular complexity index is 816. The van der Waals surface area contributed by atoms with Crippen LogP contribution in [0.3, 0.4) is 0 Å². The van der Waals surface area contributed by atoms with Crippen LogP contribution in [0.2, 0.25) is 5.02 Å². The molecule has 1 atom stereocenters. The zero-order valence-corrected chi connectivity index (χ0v) is 14.9. The first-order valence-electron chi connectivity index (χ1n) is 7.79. The van der Waals surface area contributed by atoms with Crippen molar-refractivity contribution in [3.8, 4) is 6.01 Å². The van der Waals surface area contributed by atoms with Crippen LogP contribution in [-0.2, 0) is 15.8 Å². The fraction of sp³-hybridized carbons (Fsp3) is 0.375. The quantitative estimate of drug-likeness (QED) is 0.791. The summed E-state index contributed by atoms with van der Waals surface area (Å²) in [5, 5.41) is 0.562. The number of ether oxygens (including phenoxy) is 1. The summed E-state index contributed by atoms with van der Waals surface area (Å²) < 4.78 is 45.1. The first-order valence-corrected chi connectivity index (χ1v) is 9.77. The van der Waals surface area contributed by atoms with Crippen molar-refractivity contribution in [3.05, 3.63) is 53.1 Å². The molecule has 2 aromatic rings. The van der Waals surface area contributed by atoms with Gasteiger partial charge in [0.15, 0.2) is 5.82 Å². The van der Waals surface area contributed by atoms with E-state index in [-0.39, 0.29) is 24.4 Å². The second-order valence-corrected chi connectivity index (χ2v) is 8.21. The van der Waals surface area contributed by atoms with Gasteiger partial charge in [-0.05, 0) is 30.5 Å². The molecule has 134 valence electrons. The Labute approximate surface area is 150 Å². The van der Waals surface area contributed by atoms with Gasteiger partial charge < -0.3 is 4.74 Å². The highest BCUT2D eigenvalue weighted by atomic mass is 35.5. The summed E-state index contributed by atoms with van der Waals surface area (Å²) >= 11 is 5.83. The second kappa shape index (κ2) is 7.63. The number of hydrogen-bond donors (Lipinski definition) is 0.